The zero-order chi connectivity index (χ0) is 9.14. The van der Waals surface area contributed by atoms with Gasteiger partial charge in [-0.05, 0) is 22.0 Å². The number of methoxy groups -OCH3 is 1. The molecule has 1 aromatic rings. The first kappa shape index (κ1) is 8.92. The van der Waals surface area contributed by atoms with E-state index in [1.165, 1.54) is 13.2 Å². The molecule has 0 fully saturated rings. The van der Waals surface area contributed by atoms with Crippen LogP contribution in [0.2, 0.25) is 0 Å². The average Bonchev–Trinajstić information content (AvgIpc) is 2.04. The van der Waals surface area contributed by atoms with Crippen molar-refractivity contribution < 1.29 is 14.6 Å². The summed E-state index contributed by atoms with van der Waals surface area (Å²) >= 11 is 3.08. The molecule has 6 heteroatoms. The third kappa shape index (κ3) is 1.70. The molecular weight excluding hydrogens is 228 g/mol. The predicted molar refractivity (Wildman–Crippen MR) is 43.2 cm³/mol. The number of aromatic nitrogens is 2. The highest BCUT2D eigenvalue weighted by molar-refractivity contribution is 9.10. The molecule has 0 bridgehead atoms. The van der Waals surface area contributed by atoms with Crippen LogP contribution in [-0.4, -0.2) is 28.4 Å². The van der Waals surface area contributed by atoms with Gasteiger partial charge in [-0.1, -0.05) is 0 Å². The Labute approximate surface area is 76.5 Å². The predicted octanol–water partition coefficient (Wildman–Crippen LogP) is 0.946. The van der Waals surface area contributed by atoms with Gasteiger partial charge in [0.25, 0.3) is 0 Å². The van der Waals surface area contributed by atoms with Crippen LogP contribution in [-0.2, 0) is 0 Å². The number of hydrogen-bond donors (Lipinski definition) is 1. The Morgan fingerprint density at radius 2 is 2.33 bits per heavy atom. The maximum absolute atomic E-state index is 10.4. The molecule has 0 radical (unpaired) electrons. The van der Waals surface area contributed by atoms with E-state index in [0.29, 0.717) is 4.47 Å². The van der Waals surface area contributed by atoms with E-state index in [1.807, 2.05) is 0 Å². The Morgan fingerprint density at radius 3 is 2.75 bits per heavy atom. The molecule has 0 spiro atoms. The molecule has 0 saturated carbocycles. The SMILES string of the molecule is COc1nnc(C(=O)O)cc1Br. The Bertz CT molecular complexity index is 316. The summed E-state index contributed by atoms with van der Waals surface area (Å²) in [6.45, 7) is 0. The van der Waals surface area contributed by atoms with Crippen LogP contribution in [0.5, 0.6) is 5.88 Å². The van der Waals surface area contributed by atoms with Gasteiger partial charge in [0.05, 0.1) is 11.6 Å². The number of ether oxygens (including phenoxy) is 1. The van der Waals surface area contributed by atoms with Crippen molar-refractivity contribution in [1.29, 1.82) is 0 Å². The van der Waals surface area contributed by atoms with Gasteiger partial charge in [0.2, 0.25) is 5.88 Å². The first-order valence-electron chi connectivity index (χ1n) is 2.95. The van der Waals surface area contributed by atoms with Gasteiger partial charge in [0, 0.05) is 0 Å². The summed E-state index contributed by atoms with van der Waals surface area (Å²) in [5, 5.41) is 15.4. The monoisotopic (exact) mass is 232 g/mol. The van der Waals surface area contributed by atoms with Crippen LogP contribution in [0.25, 0.3) is 0 Å². The highest BCUT2D eigenvalue weighted by Crippen LogP contribution is 2.20. The van der Waals surface area contributed by atoms with Gasteiger partial charge < -0.3 is 9.84 Å². The molecule has 0 aliphatic carbocycles. The van der Waals surface area contributed by atoms with E-state index >= 15 is 0 Å². The molecule has 5 nitrogen and oxygen atoms in total. The topological polar surface area (TPSA) is 72.3 Å². The van der Waals surface area contributed by atoms with Gasteiger partial charge in [0.1, 0.15) is 0 Å². The molecule has 0 aliphatic rings. The van der Waals surface area contributed by atoms with E-state index in [-0.39, 0.29) is 11.6 Å². The van der Waals surface area contributed by atoms with Gasteiger partial charge in [-0.2, -0.15) is 0 Å². The molecule has 1 heterocycles. The zero-order valence-electron chi connectivity index (χ0n) is 6.11. The van der Waals surface area contributed by atoms with Crippen molar-refractivity contribution in [1.82, 2.24) is 10.2 Å². The van der Waals surface area contributed by atoms with Crippen LogP contribution in [0.3, 0.4) is 0 Å². The van der Waals surface area contributed by atoms with Gasteiger partial charge in [-0.15, -0.1) is 10.2 Å². The van der Waals surface area contributed by atoms with Gasteiger partial charge in [-0.25, -0.2) is 4.79 Å². The molecular formula is C6H5BrN2O3. The summed E-state index contributed by atoms with van der Waals surface area (Å²) < 4.78 is 5.24. The van der Waals surface area contributed by atoms with Crippen molar-refractivity contribution in [3.8, 4) is 5.88 Å². The largest absolute Gasteiger partial charge is 0.479 e. The zero-order valence-corrected chi connectivity index (χ0v) is 7.70. The minimum absolute atomic E-state index is 0.123. The molecule has 0 atom stereocenters. The van der Waals surface area contributed by atoms with Gasteiger partial charge in [-0.3, -0.25) is 0 Å². The van der Waals surface area contributed by atoms with Crippen LogP contribution in [0.15, 0.2) is 10.5 Å². The molecule has 1 N–H and O–H groups in total. The third-order valence-corrected chi connectivity index (χ3v) is 1.70. The van der Waals surface area contributed by atoms with E-state index in [4.69, 9.17) is 9.84 Å². The minimum atomic E-state index is -1.12. The van der Waals surface area contributed by atoms with Crippen LogP contribution < -0.4 is 4.74 Å². The molecule has 0 amide bonds. The number of hydrogen-bond acceptors (Lipinski definition) is 4. The number of carboxylic acids is 1. The Hall–Kier alpha value is -1.17. The summed E-state index contributed by atoms with van der Waals surface area (Å²) in [6, 6.07) is 1.33. The molecule has 0 unspecified atom stereocenters. The van der Waals surface area contributed by atoms with E-state index in [9.17, 15) is 4.79 Å². The molecule has 64 valence electrons. The average molecular weight is 233 g/mol. The Balaban J connectivity index is 3.10. The summed E-state index contributed by atoms with van der Waals surface area (Å²) in [5.74, 6) is -0.856. The first-order chi connectivity index (χ1) is 5.65. The Morgan fingerprint density at radius 1 is 1.67 bits per heavy atom. The van der Waals surface area contributed by atoms with Crippen molar-refractivity contribution in [3.63, 3.8) is 0 Å². The summed E-state index contributed by atoms with van der Waals surface area (Å²) in [5.41, 5.74) is -0.123. The van der Waals surface area contributed by atoms with Crippen molar-refractivity contribution in [2.24, 2.45) is 0 Å². The van der Waals surface area contributed by atoms with Gasteiger partial charge >= 0.3 is 5.97 Å². The number of rotatable bonds is 2. The first-order valence-corrected chi connectivity index (χ1v) is 3.75. The van der Waals surface area contributed by atoms with Crippen LogP contribution in [0.1, 0.15) is 10.5 Å². The number of aromatic carboxylic acids is 1. The molecule has 0 aliphatic heterocycles. The van der Waals surface area contributed by atoms with Gasteiger partial charge in [0.15, 0.2) is 5.69 Å². The summed E-state index contributed by atoms with van der Waals surface area (Å²) in [4.78, 5) is 10.4. The maximum atomic E-state index is 10.4. The van der Waals surface area contributed by atoms with Crippen LogP contribution in [0.4, 0.5) is 0 Å². The highest BCUT2D eigenvalue weighted by Gasteiger charge is 2.09. The minimum Gasteiger partial charge on any atom is -0.479 e. The maximum Gasteiger partial charge on any atom is 0.356 e. The van der Waals surface area contributed by atoms with Crippen molar-refractivity contribution in [3.05, 3.63) is 16.2 Å². The van der Waals surface area contributed by atoms with E-state index < -0.39 is 5.97 Å². The van der Waals surface area contributed by atoms with E-state index in [2.05, 4.69) is 26.1 Å². The normalized spacial score (nSPS) is 9.50. The molecule has 0 aromatic carbocycles. The number of carboxylic acid groups (broad SMARTS) is 1. The fraction of sp³-hybridized carbons (Fsp3) is 0.167. The Kier molecular flexibility index (Phi) is 2.59. The lowest BCUT2D eigenvalue weighted by molar-refractivity contribution is 0.0689. The fourth-order valence-corrected chi connectivity index (χ4v) is 1.06. The molecule has 12 heavy (non-hydrogen) atoms. The highest BCUT2D eigenvalue weighted by atomic mass is 79.9. The lowest BCUT2D eigenvalue weighted by atomic mass is 10.4. The second kappa shape index (κ2) is 3.48. The lowest BCUT2D eigenvalue weighted by Gasteiger charge is -1.99. The quantitative estimate of drug-likeness (QED) is 0.822. The summed E-state index contributed by atoms with van der Waals surface area (Å²) in [6.07, 6.45) is 0. The van der Waals surface area contributed by atoms with Crippen molar-refractivity contribution >= 4 is 21.9 Å². The number of carbonyl (C=O) groups is 1. The van der Waals surface area contributed by atoms with Crippen LogP contribution >= 0.6 is 15.9 Å². The standard InChI is InChI=1S/C6H5BrN2O3/c1-12-5-3(7)2-4(6(10)11)8-9-5/h2H,1H3,(H,10,11). The fourth-order valence-electron chi connectivity index (χ4n) is 0.601. The number of halogens is 1. The second-order valence-corrected chi connectivity index (χ2v) is 2.75. The third-order valence-electron chi connectivity index (χ3n) is 1.13. The van der Waals surface area contributed by atoms with Crippen molar-refractivity contribution in [2.75, 3.05) is 7.11 Å². The lowest BCUT2D eigenvalue weighted by Crippen LogP contribution is -2.03. The molecule has 1 aromatic heterocycles. The summed E-state index contributed by atoms with van der Waals surface area (Å²) in [7, 11) is 1.43. The van der Waals surface area contributed by atoms with E-state index in [1.54, 1.807) is 0 Å². The van der Waals surface area contributed by atoms with E-state index in [0.717, 1.165) is 0 Å². The number of nitrogens with zero attached hydrogens (tertiary/aromatic N) is 2. The molecule has 0 saturated heterocycles. The smallest absolute Gasteiger partial charge is 0.356 e. The van der Waals surface area contributed by atoms with Crippen molar-refractivity contribution in [2.45, 2.75) is 0 Å². The molecule has 1 rings (SSSR count). The van der Waals surface area contributed by atoms with Crippen LogP contribution in [0, 0.1) is 0 Å². The second-order valence-electron chi connectivity index (χ2n) is 1.89.